The molecule has 2 aromatic rings. The number of hydrogen-bond donors (Lipinski definition) is 0. The molecule has 24 heavy (non-hydrogen) atoms. The van der Waals surface area contributed by atoms with Crippen LogP contribution in [0.2, 0.25) is 0 Å². The highest BCUT2D eigenvalue weighted by Crippen LogP contribution is 2.50. The lowest BCUT2D eigenvalue weighted by atomic mass is 10.1. The topological polar surface area (TPSA) is 27.7 Å². The van der Waals surface area contributed by atoms with Crippen molar-refractivity contribution in [2.45, 2.75) is 27.7 Å². The number of alkyl halides is 1. The molecule has 0 unspecified atom stereocenters. The fourth-order valence-corrected chi connectivity index (χ4v) is 4.56. The minimum absolute atomic E-state index is 0.272. The van der Waals surface area contributed by atoms with Gasteiger partial charge in [-0.3, -0.25) is 4.52 Å². The van der Waals surface area contributed by atoms with Gasteiger partial charge >= 0.3 is 6.72 Å². The molecule has 0 spiro atoms. The van der Waals surface area contributed by atoms with Crippen LogP contribution in [0.4, 0.5) is 0 Å². The van der Waals surface area contributed by atoms with Crippen molar-refractivity contribution in [2.75, 3.05) is 12.5 Å². The maximum atomic E-state index is 5.97. The molecule has 3 nitrogen and oxygen atoms in total. The molecule has 0 heterocycles. The Bertz CT molecular complexity index is 666. The van der Waals surface area contributed by atoms with Gasteiger partial charge in [0.05, 0.1) is 6.61 Å². The van der Waals surface area contributed by atoms with E-state index < -0.39 is 6.72 Å². The van der Waals surface area contributed by atoms with Crippen LogP contribution in [-0.2, 0) is 16.3 Å². The molecule has 2 aromatic carbocycles. The zero-order chi connectivity index (χ0) is 17.7. The molecule has 0 amide bonds. The quantitative estimate of drug-likeness (QED) is 0.441. The number of halogens is 1. The number of aryl methyl sites for hydroxylation is 4. The highest BCUT2D eigenvalue weighted by atomic mass is 35.5. The second-order valence-corrected chi connectivity index (χ2v) is 9.04. The first-order valence-electron chi connectivity index (χ1n) is 7.66. The van der Waals surface area contributed by atoms with E-state index in [1.807, 2.05) is 52.0 Å². The molecule has 6 heteroatoms. The molecule has 0 atom stereocenters. The lowest BCUT2D eigenvalue weighted by molar-refractivity contribution is 0.278. The van der Waals surface area contributed by atoms with Crippen LogP contribution in [0.1, 0.15) is 22.3 Å². The molecule has 0 saturated carbocycles. The fourth-order valence-electron chi connectivity index (χ4n) is 2.45. The van der Waals surface area contributed by atoms with E-state index in [-0.39, 0.29) is 6.61 Å². The van der Waals surface area contributed by atoms with Crippen LogP contribution in [0.5, 0.6) is 11.5 Å². The summed E-state index contributed by atoms with van der Waals surface area (Å²) < 4.78 is 17.6. The van der Waals surface area contributed by atoms with Gasteiger partial charge in [-0.05, 0) is 74.2 Å². The normalized spacial score (nSPS) is 11.4. The van der Waals surface area contributed by atoms with Gasteiger partial charge in [0.2, 0.25) is 0 Å². The largest absolute Gasteiger partial charge is 0.434 e. The van der Waals surface area contributed by atoms with Gasteiger partial charge in [0.1, 0.15) is 11.5 Å². The maximum absolute atomic E-state index is 5.97. The Labute approximate surface area is 154 Å². The maximum Gasteiger partial charge on any atom is 0.434 e. The van der Waals surface area contributed by atoms with E-state index in [4.69, 9.17) is 37.0 Å². The van der Waals surface area contributed by atoms with E-state index in [9.17, 15) is 0 Å². The Morgan fingerprint density at radius 2 is 1.17 bits per heavy atom. The molecular formula is C18H22ClO3PS. The number of hydrogen-bond acceptors (Lipinski definition) is 4. The summed E-state index contributed by atoms with van der Waals surface area (Å²) in [6.45, 7) is 5.29. The van der Waals surface area contributed by atoms with E-state index in [0.717, 1.165) is 22.3 Å². The second kappa shape index (κ2) is 8.35. The van der Waals surface area contributed by atoms with Crippen molar-refractivity contribution in [3.05, 3.63) is 58.7 Å². The number of rotatable bonds is 7. The molecule has 0 aromatic heterocycles. The van der Waals surface area contributed by atoms with Gasteiger partial charge < -0.3 is 9.05 Å². The van der Waals surface area contributed by atoms with Gasteiger partial charge in [-0.1, -0.05) is 12.1 Å². The molecule has 0 N–H and O–H groups in total. The first kappa shape index (κ1) is 19.3. The monoisotopic (exact) mass is 384 g/mol. The third-order valence-corrected chi connectivity index (χ3v) is 5.44. The van der Waals surface area contributed by atoms with Crippen molar-refractivity contribution >= 4 is 30.1 Å². The lowest BCUT2D eigenvalue weighted by Crippen LogP contribution is -2.07. The Balaban J connectivity index is 2.29. The predicted molar refractivity (Wildman–Crippen MR) is 104 cm³/mol. The first-order chi connectivity index (χ1) is 11.3. The Morgan fingerprint density at radius 1 is 0.792 bits per heavy atom. The Morgan fingerprint density at radius 3 is 1.50 bits per heavy atom. The van der Waals surface area contributed by atoms with Gasteiger partial charge in [0, 0.05) is 17.7 Å². The van der Waals surface area contributed by atoms with E-state index in [1.165, 1.54) is 0 Å². The van der Waals surface area contributed by atoms with Gasteiger partial charge in [0.25, 0.3) is 0 Å². The van der Waals surface area contributed by atoms with E-state index in [0.29, 0.717) is 17.4 Å². The molecule has 0 radical (unpaired) electrons. The lowest BCUT2D eigenvalue weighted by Gasteiger charge is -2.23. The Kier molecular flexibility index (Phi) is 6.70. The standard InChI is InChI=1S/C18H22ClO3PS/c1-13-7-14(2)10-17(9-13)21-23(24,20-6-5-19)22-18-11-15(3)8-16(4)12-18/h7-12H,5-6H2,1-4H3. The highest BCUT2D eigenvalue weighted by molar-refractivity contribution is 8.07. The summed E-state index contributed by atoms with van der Waals surface area (Å²) >= 11 is 11.3. The van der Waals surface area contributed by atoms with Crippen LogP contribution >= 0.6 is 18.3 Å². The van der Waals surface area contributed by atoms with Gasteiger partial charge in [-0.25, -0.2) is 0 Å². The summed E-state index contributed by atoms with van der Waals surface area (Å²) in [7, 11) is 0. The summed E-state index contributed by atoms with van der Waals surface area (Å²) in [6.07, 6.45) is 0. The summed E-state index contributed by atoms with van der Waals surface area (Å²) in [4.78, 5) is 0. The molecule has 0 aliphatic heterocycles. The van der Waals surface area contributed by atoms with Crippen molar-refractivity contribution in [1.29, 1.82) is 0 Å². The third kappa shape index (κ3) is 5.78. The van der Waals surface area contributed by atoms with Crippen LogP contribution in [-0.4, -0.2) is 12.5 Å². The summed E-state index contributed by atoms with van der Waals surface area (Å²) in [5, 5.41) is 0. The van der Waals surface area contributed by atoms with Crippen LogP contribution in [0.3, 0.4) is 0 Å². The molecule has 130 valence electrons. The minimum Gasteiger partial charge on any atom is -0.416 e. The van der Waals surface area contributed by atoms with E-state index in [2.05, 4.69) is 12.1 Å². The SMILES string of the molecule is Cc1cc(C)cc(OP(=S)(OCCCl)Oc2cc(C)cc(C)c2)c1. The van der Waals surface area contributed by atoms with Crippen LogP contribution < -0.4 is 9.05 Å². The van der Waals surface area contributed by atoms with Crippen molar-refractivity contribution in [3.8, 4) is 11.5 Å². The molecule has 2 rings (SSSR count). The minimum atomic E-state index is -3.01. The molecule has 0 aliphatic carbocycles. The molecule has 0 fully saturated rings. The second-order valence-electron chi connectivity index (χ2n) is 5.80. The fraction of sp³-hybridized carbons (Fsp3) is 0.333. The van der Waals surface area contributed by atoms with Gasteiger partial charge in [0.15, 0.2) is 0 Å². The molecular weight excluding hydrogens is 363 g/mol. The van der Waals surface area contributed by atoms with Crippen molar-refractivity contribution in [3.63, 3.8) is 0 Å². The van der Waals surface area contributed by atoms with Gasteiger partial charge in [-0.15, -0.1) is 11.6 Å². The average Bonchev–Trinajstić information content (AvgIpc) is 2.42. The molecule has 0 saturated heterocycles. The highest BCUT2D eigenvalue weighted by Gasteiger charge is 2.25. The molecule has 0 aliphatic rings. The van der Waals surface area contributed by atoms with Gasteiger partial charge in [-0.2, -0.15) is 0 Å². The smallest absolute Gasteiger partial charge is 0.416 e. The summed E-state index contributed by atoms with van der Waals surface area (Å²) in [6, 6.07) is 11.8. The molecule has 0 bridgehead atoms. The zero-order valence-corrected chi connectivity index (χ0v) is 16.8. The Hall–Kier alpha value is -1.06. The summed E-state index contributed by atoms with van der Waals surface area (Å²) in [5.74, 6) is 1.62. The van der Waals surface area contributed by atoms with Crippen LogP contribution in [0.25, 0.3) is 0 Å². The third-order valence-electron chi connectivity index (χ3n) is 3.15. The van der Waals surface area contributed by atoms with E-state index in [1.54, 1.807) is 0 Å². The zero-order valence-electron chi connectivity index (χ0n) is 14.3. The van der Waals surface area contributed by atoms with Crippen molar-refractivity contribution in [2.24, 2.45) is 0 Å². The van der Waals surface area contributed by atoms with E-state index >= 15 is 0 Å². The predicted octanol–water partition coefficient (Wildman–Crippen LogP) is 5.86. The average molecular weight is 385 g/mol. The first-order valence-corrected chi connectivity index (χ1v) is 10.7. The van der Waals surface area contributed by atoms with Crippen LogP contribution in [0.15, 0.2) is 36.4 Å². The van der Waals surface area contributed by atoms with Crippen molar-refractivity contribution in [1.82, 2.24) is 0 Å². The van der Waals surface area contributed by atoms with Crippen molar-refractivity contribution < 1.29 is 13.6 Å². The number of benzene rings is 2. The van der Waals surface area contributed by atoms with Crippen LogP contribution in [0, 0.1) is 27.7 Å². The summed E-state index contributed by atoms with van der Waals surface area (Å²) in [5.41, 5.74) is 4.37.